The Hall–Kier alpha value is -3.22. The van der Waals surface area contributed by atoms with Gasteiger partial charge in [0.05, 0.1) is 17.8 Å². The molecule has 3 heterocycles. The molecule has 1 aliphatic rings. The molecular weight excluding hydrogens is 422 g/mol. The SMILES string of the molecule is Cc1ccsc1[C@@H]1[C@H](c2ccccn2)NC(=S)N1c1ccc(Oc2ccccc2)cc1. The Kier molecular flexibility index (Phi) is 5.40. The molecule has 0 bridgehead atoms. The van der Waals surface area contributed by atoms with Gasteiger partial charge in [0.1, 0.15) is 11.5 Å². The van der Waals surface area contributed by atoms with E-state index < -0.39 is 0 Å². The lowest BCUT2D eigenvalue weighted by atomic mass is 10.0. The van der Waals surface area contributed by atoms with Crippen LogP contribution >= 0.6 is 23.6 Å². The normalized spacial score (nSPS) is 18.1. The number of benzene rings is 2. The van der Waals surface area contributed by atoms with Crippen molar-refractivity contribution in [1.29, 1.82) is 0 Å². The van der Waals surface area contributed by atoms with Crippen LogP contribution in [0, 0.1) is 6.92 Å². The van der Waals surface area contributed by atoms with Crippen molar-refractivity contribution in [1.82, 2.24) is 10.3 Å². The monoisotopic (exact) mass is 443 g/mol. The van der Waals surface area contributed by atoms with Crippen LogP contribution in [0.2, 0.25) is 0 Å². The Morgan fingerprint density at radius 3 is 2.35 bits per heavy atom. The highest BCUT2D eigenvalue weighted by Crippen LogP contribution is 2.44. The van der Waals surface area contributed by atoms with Gasteiger partial charge in [0.25, 0.3) is 0 Å². The predicted molar refractivity (Wildman–Crippen MR) is 130 cm³/mol. The van der Waals surface area contributed by atoms with Gasteiger partial charge in [-0.05, 0) is 84.7 Å². The van der Waals surface area contributed by atoms with Gasteiger partial charge in [0, 0.05) is 16.8 Å². The summed E-state index contributed by atoms with van der Waals surface area (Å²) in [4.78, 5) is 8.09. The van der Waals surface area contributed by atoms with Crippen LogP contribution in [0.15, 0.2) is 90.4 Å². The lowest BCUT2D eigenvalue weighted by molar-refractivity contribution is 0.482. The predicted octanol–water partition coefficient (Wildman–Crippen LogP) is 6.42. The molecule has 31 heavy (non-hydrogen) atoms. The zero-order valence-electron chi connectivity index (χ0n) is 16.9. The molecule has 6 heteroatoms. The third kappa shape index (κ3) is 3.92. The van der Waals surface area contributed by atoms with Gasteiger partial charge in [-0.1, -0.05) is 24.3 Å². The van der Waals surface area contributed by atoms with Crippen molar-refractivity contribution < 1.29 is 4.74 Å². The summed E-state index contributed by atoms with van der Waals surface area (Å²) in [7, 11) is 0. The van der Waals surface area contributed by atoms with E-state index in [4.69, 9.17) is 17.0 Å². The zero-order valence-corrected chi connectivity index (χ0v) is 18.6. The molecule has 154 valence electrons. The Bertz CT molecular complexity index is 1180. The number of thiocarbonyl (C=S) groups is 1. The third-order valence-corrected chi connectivity index (χ3v) is 6.77. The van der Waals surface area contributed by atoms with Gasteiger partial charge in [-0.2, -0.15) is 0 Å². The zero-order chi connectivity index (χ0) is 21.2. The molecule has 1 saturated heterocycles. The summed E-state index contributed by atoms with van der Waals surface area (Å²) in [5, 5.41) is 6.34. The molecule has 1 fully saturated rings. The molecule has 2 aromatic heterocycles. The van der Waals surface area contributed by atoms with Crippen LogP contribution < -0.4 is 15.0 Å². The Morgan fingerprint density at radius 1 is 0.935 bits per heavy atom. The molecule has 4 nitrogen and oxygen atoms in total. The van der Waals surface area contributed by atoms with Crippen molar-refractivity contribution in [3.05, 3.63) is 107 Å². The summed E-state index contributed by atoms with van der Waals surface area (Å²) in [5.41, 5.74) is 3.26. The molecule has 5 rings (SSSR count). The van der Waals surface area contributed by atoms with E-state index in [1.54, 1.807) is 11.3 Å². The van der Waals surface area contributed by atoms with Gasteiger partial charge in [0.2, 0.25) is 0 Å². The molecule has 1 N–H and O–H groups in total. The summed E-state index contributed by atoms with van der Waals surface area (Å²) in [6.45, 7) is 2.15. The number of pyridine rings is 1. The lowest BCUT2D eigenvalue weighted by Crippen LogP contribution is -2.29. The second-order valence-electron chi connectivity index (χ2n) is 7.37. The number of para-hydroxylation sites is 1. The van der Waals surface area contributed by atoms with E-state index in [-0.39, 0.29) is 12.1 Å². The number of nitrogens with one attached hydrogen (secondary N) is 1. The van der Waals surface area contributed by atoms with Crippen molar-refractivity contribution in [2.24, 2.45) is 0 Å². The van der Waals surface area contributed by atoms with E-state index in [0.29, 0.717) is 5.11 Å². The lowest BCUT2D eigenvalue weighted by Gasteiger charge is -2.27. The summed E-state index contributed by atoms with van der Waals surface area (Å²) >= 11 is 7.55. The molecule has 1 aliphatic heterocycles. The first-order chi connectivity index (χ1) is 15.2. The van der Waals surface area contributed by atoms with E-state index in [9.17, 15) is 0 Å². The number of thiophene rings is 1. The van der Waals surface area contributed by atoms with E-state index in [1.807, 2.05) is 60.8 Å². The van der Waals surface area contributed by atoms with Crippen LogP contribution in [0.4, 0.5) is 5.69 Å². The topological polar surface area (TPSA) is 37.4 Å². The number of aromatic nitrogens is 1. The quantitative estimate of drug-likeness (QED) is 0.360. The maximum Gasteiger partial charge on any atom is 0.174 e. The fraction of sp³-hybridized carbons (Fsp3) is 0.120. The standard InChI is InChI=1S/C25H21N3OS2/c1-17-14-16-31-24(17)23-22(21-9-5-6-15-26-21)27-25(30)28(23)18-10-12-20(13-11-18)29-19-7-3-2-4-8-19/h2-16,22-23H,1H3,(H,27,30)/t22-,23-/m0/s1. The fourth-order valence-corrected chi connectivity index (χ4v) is 5.29. The van der Waals surface area contributed by atoms with Crippen molar-refractivity contribution in [2.75, 3.05) is 4.90 Å². The second-order valence-corrected chi connectivity index (χ2v) is 8.71. The average Bonchev–Trinajstić information content (AvgIpc) is 3.38. The molecule has 2 atom stereocenters. The summed E-state index contributed by atoms with van der Waals surface area (Å²) < 4.78 is 5.96. The first-order valence-corrected chi connectivity index (χ1v) is 11.4. The minimum Gasteiger partial charge on any atom is -0.457 e. The minimum absolute atomic E-state index is 0.0219. The second kappa shape index (κ2) is 8.49. The van der Waals surface area contributed by atoms with E-state index in [2.05, 4.69) is 51.8 Å². The molecule has 0 unspecified atom stereocenters. The molecule has 0 spiro atoms. The van der Waals surface area contributed by atoms with Gasteiger partial charge < -0.3 is 15.0 Å². The van der Waals surface area contributed by atoms with Crippen LogP contribution in [0.25, 0.3) is 0 Å². The van der Waals surface area contributed by atoms with Crippen LogP contribution in [0.3, 0.4) is 0 Å². The average molecular weight is 444 g/mol. The number of nitrogens with zero attached hydrogens (tertiary/aromatic N) is 2. The third-order valence-electron chi connectivity index (χ3n) is 5.36. The van der Waals surface area contributed by atoms with Gasteiger partial charge >= 0.3 is 0 Å². The first kappa shape index (κ1) is 19.7. The largest absolute Gasteiger partial charge is 0.457 e. The van der Waals surface area contributed by atoms with Crippen LogP contribution in [-0.2, 0) is 0 Å². The van der Waals surface area contributed by atoms with Crippen molar-refractivity contribution in [3.8, 4) is 11.5 Å². The van der Waals surface area contributed by atoms with E-state index in [1.165, 1.54) is 10.4 Å². The van der Waals surface area contributed by atoms with Crippen molar-refractivity contribution in [2.45, 2.75) is 19.0 Å². The van der Waals surface area contributed by atoms with E-state index in [0.717, 1.165) is 22.9 Å². The van der Waals surface area contributed by atoms with Gasteiger partial charge in [0.15, 0.2) is 5.11 Å². The number of ether oxygens (including phenoxy) is 1. The highest BCUT2D eigenvalue weighted by molar-refractivity contribution is 7.80. The summed E-state index contributed by atoms with van der Waals surface area (Å²) in [6, 6.07) is 26.0. The fourth-order valence-electron chi connectivity index (χ4n) is 3.89. The maximum atomic E-state index is 5.96. The van der Waals surface area contributed by atoms with E-state index >= 15 is 0 Å². The molecule has 0 radical (unpaired) electrons. The highest BCUT2D eigenvalue weighted by atomic mass is 32.1. The summed E-state index contributed by atoms with van der Waals surface area (Å²) in [5.74, 6) is 1.61. The number of rotatable bonds is 5. The van der Waals surface area contributed by atoms with Crippen LogP contribution in [0.5, 0.6) is 11.5 Å². The number of anilines is 1. The molecule has 0 aliphatic carbocycles. The first-order valence-electron chi connectivity index (χ1n) is 10.1. The van der Waals surface area contributed by atoms with Crippen LogP contribution in [0.1, 0.15) is 28.2 Å². The molecular formula is C25H21N3OS2. The number of hydrogen-bond donors (Lipinski definition) is 1. The van der Waals surface area contributed by atoms with Gasteiger partial charge in [-0.15, -0.1) is 11.3 Å². The van der Waals surface area contributed by atoms with Gasteiger partial charge in [-0.3, -0.25) is 4.98 Å². The molecule has 0 amide bonds. The number of aryl methyl sites for hydroxylation is 1. The molecule has 0 saturated carbocycles. The van der Waals surface area contributed by atoms with Crippen molar-refractivity contribution in [3.63, 3.8) is 0 Å². The van der Waals surface area contributed by atoms with Gasteiger partial charge in [-0.25, -0.2) is 0 Å². The Labute approximate surface area is 191 Å². The number of hydrogen-bond acceptors (Lipinski definition) is 4. The molecule has 4 aromatic rings. The smallest absolute Gasteiger partial charge is 0.174 e. The van der Waals surface area contributed by atoms with Crippen molar-refractivity contribution >= 4 is 34.4 Å². The molecule has 2 aromatic carbocycles. The highest BCUT2D eigenvalue weighted by Gasteiger charge is 2.41. The maximum absolute atomic E-state index is 5.96. The summed E-state index contributed by atoms with van der Waals surface area (Å²) in [6.07, 6.45) is 1.83. The van der Waals surface area contributed by atoms with Crippen LogP contribution in [-0.4, -0.2) is 10.1 Å². The Balaban J connectivity index is 1.49. The minimum atomic E-state index is -0.0219. The Morgan fingerprint density at radius 2 is 1.68 bits per heavy atom.